The molecule has 1 heterocycles. The van der Waals surface area contributed by atoms with E-state index in [-0.39, 0.29) is 16.7 Å². The molecule has 6 heteroatoms. The number of amides is 1. The zero-order valence-electron chi connectivity index (χ0n) is 16.6. The summed E-state index contributed by atoms with van der Waals surface area (Å²) in [4.78, 5) is 14.8. The second-order valence-corrected chi connectivity index (χ2v) is 7.97. The summed E-state index contributed by atoms with van der Waals surface area (Å²) in [5.74, 6) is -0.452. The van der Waals surface area contributed by atoms with Crippen LogP contribution in [0.3, 0.4) is 0 Å². The number of nitrogens with zero attached hydrogens (tertiary/aromatic N) is 2. The van der Waals surface area contributed by atoms with E-state index in [0.29, 0.717) is 5.56 Å². The van der Waals surface area contributed by atoms with Gasteiger partial charge >= 0.3 is 0 Å². The number of nitrogens with one attached hydrogen (secondary N) is 1. The number of hydrazone groups is 1. The van der Waals surface area contributed by atoms with Crippen molar-refractivity contribution < 1.29 is 9.90 Å². The van der Waals surface area contributed by atoms with Crippen LogP contribution >= 0.6 is 11.6 Å². The van der Waals surface area contributed by atoms with Crippen molar-refractivity contribution in [2.75, 3.05) is 13.1 Å². The summed E-state index contributed by atoms with van der Waals surface area (Å²) in [6, 6.07) is 16.8. The molecule has 3 aromatic rings. The standard InChI is InChI=1S/C24H24ClN3O2/c25-22-14-17(10-11-23(22)29)24(30)27-26-15-18-6-4-9-21-19(7-5-8-20(18)21)16-28-12-2-1-3-13-28/h4-11,14-15,29H,1-3,12-13,16H2,(H,27,30)/b26-15+. The number of likely N-dealkylation sites (tertiary alicyclic amines) is 1. The van der Waals surface area contributed by atoms with Gasteiger partial charge in [-0.05, 0) is 60.5 Å². The Morgan fingerprint density at radius 3 is 2.63 bits per heavy atom. The van der Waals surface area contributed by atoms with Crippen molar-refractivity contribution >= 4 is 34.5 Å². The van der Waals surface area contributed by atoms with Crippen LogP contribution in [0.15, 0.2) is 59.7 Å². The highest BCUT2D eigenvalue weighted by molar-refractivity contribution is 6.32. The number of fused-ring (bicyclic) bond motifs is 1. The Labute approximate surface area is 181 Å². The van der Waals surface area contributed by atoms with Gasteiger partial charge in [0.15, 0.2) is 0 Å². The van der Waals surface area contributed by atoms with Gasteiger partial charge in [0.1, 0.15) is 5.75 Å². The van der Waals surface area contributed by atoms with Crippen molar-refractivity contribution in [3.8, 4) is 5.75 Å². The maximum Gasteiger partial charge on any atom is 0.271 e. The van der Waals surface area contributed by atoms with E-state index in [1.54, 1.807) is 6.21 Å². The molecule has 0 spiro atoms. The van der Waals surface area contributed by atoms with Gasteiger partial charge in [0.05, 0.1) is 11.2 Å². The lowest BCUT2D eigenvalue weighted by Gasteiger charge is -2.27. The van der Waals surface area contributed by atoms with Gasteiger partial charge in [0, 0.05) is 17.7 Å². The fraction of sp³-hybridized carbons (Fsp3) is 0.250. The molecule has 1 amide bonds. The van der Waals surface area contributed by atoms with Crippen LogP contribution in [-0.4, -0.2) is 35.2 Å². The van der Waals surface area contributed by atoms with Crippen LogP contribution in [0.4, 0.5) is 0 Å². The van der Waals surface area contributed by atoms with Gasteiger partial charge in [0.2, 0.25) is 0 Å². The van der Waals surface area contributed by atoms with Gasteiger partial charge in [-0.2, -0.15) is 5.10 Å². The van der Waals surface area contributed by atoms with Crippen molar-refractivity contribution in [2.24, 2.45) is 5.10 Å². The van der Waals surface area contributed by atoms with Crippen LogP contribution in [0.2, 0.25) is 5.02 Å². The number of hydrogen-bond donors (Lipinski definition) is 2. The third-order valence-corrected chi connectivity index (χ3v) is 5.77. The molecular weight excluding hydrogens is 398 g/mol. The number of benzene rings is 3. The second-order valence-electron chi connectivity index (χ2n) is 7.56. The molecular formula is C24H24ClN3O2. The minimum atomic E-state index is -0.390. The normalized spacial score (nSPS) is 15.0. The van der Waals surface area contributed by atoms with E-state index in [9.17, 15) is 9.90 Å². The third-order valence-electron chi connectivity index (χ3n) is 5.47. The van der Waals surface area contributed by atoms with E-state index < -0.39 is 0 Å². The van der Waals surface area contributed by atoms with Crippen LogP contribution in [0, 0.1) is 0 Å². The highest BCUT2D eigenvalue weighted by atomic mass is 35.5. The van der Waals surface area contributed by atoms with Crippen LogP contribution in [0.25, 0.3) is 10.8 Å². The van der Waals surface area contributed by atoms with Crippen LogP contribution in [0.1, 0.15) is 40.7 Å². The fourth-order valence-corrected chi connectivity index (χ4v) is 4.06. The number of phenolic OH excluding ortho intramolecular Hbond substituents is 1. The third kappa shape index (κ3) is 4.64. The molecule has 2 N–H and O–H groups in total. The number of hydrogen-bond acceptors (Lipinski definition) is 4. The number of phenols is 1. The summed E-state index contributed by atoms with van der Waals surface area (Å²) < 4.78 is 0. The maximum absolute atomic E-state index is 12.3. The first-order valence-electron chi connectivity index (χ1n) is 10.2. The molecule has 0 bridgehead atoms. The van der Waals surface area contributed by atoms with E-state index >= 15 is 0 Å². The zero-order valence-corrected chi connectivity index (χ0v) is 17.4. The highest BCUT2D eigenvalue weighted by Gasteiger charge is 2.12. The number of halogens is 1. The van der Waals surface area contributed by atoms with E-state index in [4.69, 9.17) is 11.6 Å². The molecule has 3 aromatic carbocycles. The van der Waals surface area contributed by atoms with Crippen LogP contribution in [0.5, 0.6) is 5.75 Å². The monoisotopic (exact) mass is 421 g/mol. The van der Waals surface area contributed by atoms with Gasteiger partial charge < -0.3 is 5.11 Å². The Balaban J connectivity index is 1.51. The molecule has 0 aliphatic carbocycles. The Kier molecular flexibility index (Phi) is 6.31. The van der Waals surface area contributed by atoms with Gasteiger partial charge in [-0.3, -0.25) is 9.69 Å². The average Bonchev–Trinajstić information content (AvgIpc) is 2.77. The topological polar surface area (TPSA) is 64.9 Å². The van der Waals surface area contributed by atoms with Crippen molar-refractivity contribution in [1.29, 1.82) is 0 Å². The first-order valence-corrected chi connectivity index (χ1v) is 10.5. The summed E-state index contributed by atoms with van der Waals surface area (Å²) in [5, 5.41) is 16.1. The van der Waals surface area contributed by atoms with Crippen molar-refractivity contribution in [3.05, 3.63) is 76.3 Å². The molecule has 154 valence electrons. The van der Waals surface area contributed by atoms with Crippen molar-refractivity contribution in [2.45, 2.75) is 25.8 Å². The number of carbonyl (C=O) groups excluding carboxylic acids is 1. The van der Waals surface area contributed by atoms with Gasteiger partial charge in [0.25, 0.3) is 5.91 Å². The van der Waals surface area contributed by atoms with E-state index in [1.165, 1.54) is 48.4 Å². The predicted molar refractivity (Wildman–Crippen MR) is 121 cm³/mol. The minimum Gasteiger partial charge on any atom is -0.506 e. The van der Waals surface area contributed by atoms with E-state index in [2.05, 4.69) is 39.7 Å². The van der Waals surface area contributed by atoms with Gasteiger partial charge in [-0.25, -0.2) is 5.43 Å². The molecule has 1 fully saturated rings. The Morgan fingerprint density at radius 2 is 1.83 bits per heavy atom. The number of rotatable bonds is 5. The molecule has 0 unspecified atom stereocenters. The second kappa shape index (κ2) is 9.28. The predicted octanol–water partition coefficient (Wildman–Crippen LogP) is 4.95. The van der Waals surface area contributed by atoms with Gasteiger partial charge in [-0.15, -0.1) is 0 Å². The maximum atomic E-state index is 12.3. The number of carbonyl (C=O) groups is 1. The Morgan fingerprint density at radius 1 is 1.07 bits per heavy atom. The lowest BCUT2D eigenvalue weighted by Crippen LogP contribution is -2.29. The summed E-state index contributed by atoms with van der Waals surface area (Å²) in [6.45, 7) is 3.27. The zero-order chi connectivity index (χ0) is 20.9. The molecule has 0 saturated carbocycles. The Hall–Kier alpha value is -2.89. The van der Waals surface area contributed by atoms with Gasteiger partial charge in [-0.1, -0.05) is 54.4 Å². The van der Waals surface area contributed by atoms with Crippen LogP contribution < -0.4 is 5.43 Å². The van der Waals surface area contributed by atoms with Crippen LogP contribution in [-0.2, 0) is 6.54 Å². The SMILES string of the molecule is O=C(N/N=C/c1cccc2c(CN3CCCCC3)cccc12)c1ccc(O)c(Cl)c1. The van der Waals surface area contributed by atoms with E-state index in [0.717, 1.165) is 30.6 Å². The average molecular weight is 422 g/mol. The lowest BCUT2D eigenvalue weighted by molar-refractivity contribution is 0.0955. The molecule has 0 aromatic heterocycles. The molecule has 0 atom stereocenters. The molecule has 5 nitrogen and oxygen atoms in total. The molecule has 1 saturated heterocycles. The number of aromatic hydroxyl groups is 1. The largest absolute Gasteiger partial charge is 0.506 e. The summed E-state index contributed by atoms with van der Waals surface area (Å²) in [5.41, 5.74) is 5.11. The fourth-order valence-electron chi connectivity index (χ4n) is 3.88. The van der Waals surface area contributed by atoms with Crippen molar-refractivity contribution in [1.82, 2.24) is 10.3 Å². The smallest absolute Gasteiger partial charge is 0.271 e. The molecule has 0 radical (unpaired) electrons. The molecule has 4 rings (SSSR count). The summed E-state index contributed by atoms with van der Waals surface area (Å²) >= 11 is 5.87. The minimum absolute atomic E-state index is 0.0622. The first-order chi connectivity index (χ1) is 14.6. The molecule has 1 aliphatic rings. The highest BCUT2D eigenvalue weighted by Crippen LogP contribution is 2.25. The summed E-state index contributed by atoms with van der Waals surface area (Å²) in [7, 11) is 0. The summed E-state index contributed by atoms with van der Waals surface area (Å²) in [6.07, 6.45) is 5.53. The lowest BCUT2D eigenvalue weighted by atomic mass is 9.99. The molecule has 30 heavy (non-hydrogen) atoms. The molecule has 1 aliphatic heterocycles. The first kappa shape index (κ1) is 20.4. The quantitative estimate of drug-likeness (QED) is 0.452. The number of piperidine rings is 1. The Bertz CT molecular complexity index is 1090. The van der Waals surface area contributed by atoms with E-state index in [1.807, 2.05) is 12.1 Å². The van der Waals surface area contributed by atoms with Crippen molar-refractivity contribution in [3.63, 3.8) is 0 Å².